The van der Waals surface area contributed by atoms with E-state index in [2.05, 4.69) is 32.6 Å². The number of ether oxygens (including phenoxy) is 1. The van der Waals surface area contributed by atoms with Gasteiger partial charge in [-0.3, -0.25) is 9.69 Å². The van der Waals surface area contributed by atoms with Gasteiger partial charge in [0.25, 0.3) is 0 Å². The SMILES string of the molecule is CCN(CC)C(C)(C)C(=O)C1CC(C)(C)OC1(C)C. The molecule has 0 aromatic rings. The fourth-order valence-electron chi connectivity index (χ4n) is 3.57. The molecule has 0 aromatic carbocycles. The Balaban J connectivity index is 3.00. The van der Waals surface area contributed by atoms with E-state index >= 15 is 0 Å². The lowest BCUT2D eigenvalue weighted by atomic mass is 9.77. The Bertz CT molecular complexity index is 341. The van der Waals surface area contributed by atoms with E-state index in [-0.39, 0.29) is 17.1 Å². The molecule has 0 aromatic heterocycles. The predicted molar refractivity (Wildman–Crippen MR) is 79.4 cm³/mol. The Morgan fingerprint density at radius 1 is 1.21 bits per heavy atom. The first kappa shape index (κ1) is 16.6. The predicted octanol–water partition coefficient (Wildman–Crippen LogP) is 3.27. The summed E-state index contributed by atoms with van der Waals surface area (Å²) in [6.45, 7) is 18.3. The van der Waals surface area contributed by atoms with Gasteiger partial charge in [-0.25, -0.2) is 0 Å². The van der Waals surface area contributed by atoms with E-state index in [1.807, 2.05) is 27.7 Å². The molecule has 0 N–H and O–H groups in total. The van der Waals surface area contributed by atoms with E-state index in [4.69, 9.17) is 4.74 Å². The second-order valence-electron chi connectivity index (χ2n) is 7.32. The maximum atomic E-state index is 13.0. The average molecular weight is 269 g/mol. The van der Waals surface area contributed by atoms with Crippen LogP contribution in [-0.4, -0.2) is 40.5 Å². The van der Waals surface area contributed by atoms with Crippen LogP contribution in [-0.2, 0) is 9.53 Å². The molecule has 0 spiro atoms. The monoisotopic (exact) mass is 269 g/mol. The van der Waals surface area contributed by atoms with E-state index < -0.39 is 5.54 Å². The van der Waals surface area contributed by atoms with Gasteiger partial charge in [-0.05, 0) is 61.1 Å². The molecule has 0 saturated carbocycles. The van der Waals surface area contributed by atoms with Gasteiger partial charge in [0.1, 0.15) is 0 Å². The molecule has 0 aliphatic carbocycles. The number of nitrogens with zero attached hydrogens (tertiary/aromatic N) is 1. The van der Waals surface area contributed by atoms with E-state index in [0.717, 1.165) is 19.5 Å². The number of hydrogen-bond acceptors (Lipinski definition) is 3. The summed E-state index contributed by atoms with van der Waals surface area (Å²) < 4.78 is 6.07. The second kappa shape index (κ2) is 5.17. The van der Waals surface area contributed by atoms with Crippen molar-refractivity contribution >= 4 is 5.78 Å². The number of carbonyl (C=O) groups excluding carboxylic acids is 1. The third-order valence-electron chi connectivity index (χ3n) is 4.55. The Kier molecular flexibility index (Phi) is 4.53. The lowest BCUT2D eigenvalue weighted by Gasteiger charge is -2.39. The molecule has 0 amide bonds. The number of rotatable bonds is 5. The molecule has 19 heavy (non-hydrogen) atoms. The van der Waals surface area contributed by atoms with E-state index in [0.29, 0.717) is 5.78 Å². The summed E-state index contributed by atoms with van der Waals surface area (Å²) in [7, 11) is 0. The number of ketones is 1. The van der Waals surface area contributed by atoms with Gasteiger partial charge in [0.05, 0.1) is 22.7 Å². The zero-order chi connectivity index (χ0) is 15.1. The van der Waals surface area contributed by atoms with Crippen molar-refractivity contribution in [1.82, 2.24) is 4.90 Å². The van der Waals surface area contributed by atoms with Gasteiger partial charge in [0.2, 0.25) is 0 Å². The quantitative estimate of drug-likeness (QED) is 0.767. The lowest BCUT2D eigenvalue weighted by Crippen LogP contribution is -2.54. The maximum Gasteiger partial charge on any atom is 0.158 e. The Morgan fingerprint density at radius 2 is 1.68 bits per heavy atom. The van der Waals surface area contributed by atoms with Gasteiger partial charge < -0.3 is 4.74 Å². The Morgan fingerprint density at radius 3 is 2.00 bits per heavy atom. The van der Waals surface area contributed by atoms with E-state index in [9.17, 15) is 4.79 Å². The van der Waals surface area contributed by atoms with E-state index in [1.165, 1.54) is 0 Å². The second-order valence-corrected chi connectivity index (χ2v) is 7.32. The highest BCUT2D eigenvalue weighted by molar-refractivity contribution is 5.91. The van der Waals surface area contributed by atoms with Crippen molar-refractivity contribution in [1.29, 1.82) is 0 Å². The summed E-state index contributed by atoms with van der Waals surface area (Å²) in [4.78, 5) is 15.2. The van der Waals surface area contributed by atoms with Crippen LogP contribution in [0.2, 0.25) is 0 Å². The molecule has 3 nitrogen and oxygen atoms in total. The summed E-state index contributed by atoms with van der Waals surface area (Å²) >= 11 is 0. The van der Waals surface area contributed by atoms with Crippen LogP contribution in [0, 0.1) is 5.92 Å². The molecular formula is C16H31NO2. The van der Waals surface area contributed by atoms with Crippen LogP contribution < -0.4 is 0 Å². The minimum absolute atomic E-state index is 0.0295. The van der Waals surface area contributed by atoms with Crippen LogP contribution in [0.1, 0.15) is 61.8 Å². The minimum atomic E-state index is -0.421. The number of carbonyl (C=O) groups is 1. The summed E-state index contributed by atoms with van der Waals surface area (Å²) in [5.74, 6) is 0.282. The van der Waals surface area contributed by atoms with E-state index in [1.54, 1.807) is 0 Å². The van der Waals surface area contributed by atoms with Crippen molar-refractivity contribution in [3.05, 3.63) is 0 Å². The van der Waals surface area contributed by atoms with Crippen molar-refractivity contribution in [2.45, 2.75) is 78.6 Å². The van der Waals surface area contributed by atoms with Gasteiger partial charge in [-0.1, -0.05) is 13.8 Å². The number of likely N-dealkylation sites (N-methyl/N-ethyl adjacent to an activating group) is 1. The van der Waals surface area contributed by atoms with Crippen molar-refractivity contribution in [3.63, 3.8) is 0 Å². The molecule has 1 rings (SSSR count). The van der Waals surface area contributed by atoms with Crippen molar-refractivity contribution in [3.8, 4) is 0 Å². The topological polar surface area (TPSA) is 29.5 Å². The summed E-state index contributed by atoms with van der Waals surface area (Å²) in [5.41, 5.74) is -0.997. The molecule has 1 atom stereocenters. The first-order valence-electron chi connectivity index (χ1n) is 7.47. The lowest BCUT2D eigenvalue weighted by molar-refractivity contribution is -0.139. The zero-order valence-corrected chi connectivity index (χ0v) is 14.0. The number of hydrogen-bond donors (Lipinski definition) is 0. The highest BCUT2D eigenvalue weighted by Crippen LogP contribution is 2.44. The van der Waals surface area contributed by atoms with Gasteiger partial charge in [-0.2, -0.15) is 0 Å². The van der Waals surface area contributed by atoms with Crippen LogP contribution in [0.15, 0.2) is 0 Å². The fourth-order valence-corrected chi connectivity index (χ4v) is 3.57. The molecule has 1 heterocycles. The third kappa shape index (κ3) is 3.19. The molecule has 1 fully saturated rings. The normalized spacial score (nSPS) is 25.8. The molecule has 1 unspecified atom stereocenters. The first-order valence-corrected chi connectivity index (χ1v) is 7.47. The smallest absolute Gasteiger partial charge is 0.158 e. The van der Waals surface area contributed by atoms with Crippen LogP contribution in [0.5, 0.6) is 0 Å². The Labute approximate surface area is 118 Å². The summed E-state index contributed by atoms with van der Waals surface area (Å²) in [5, 5.41) is 0. The first-order chi connectivity index (χ1) is 8.48. The average Bonchev–Trinajstić information content (AvgIpc) is 2.46. The van der Waals surface area contributed by atoms with Crippen molar-refractivity contribution in [2.75, 3.05) is 13.1 Å². The van der Waals surface area contributed by atoms with Gasteiger partial charge >= 0.3 is 0 Å². The van der Waals surface area contributed by atoms with Crippen LogP contribution in [0.3, 0.4) is 0 Å². The number of Topliss-reactive ketones (excluding diaryl/α,β-unsaturated/α-hetero) is 1. The molecule has 3 heteroatoms. The third-order valence-corrected chi connectivity index (χ3v) is 4.55. The molecule has 112 valence electrons. The highest BCUT2D eigenvalue weighted by Gasteiger charge is 2.52. The zero-order valence-electron chi connectivity index (χ0n) is 14.0. The molecule has 0 radical (unpaired) electrons. The van der Waals surface area contributed by atoms with Crippen LogP contribution in [0.4, 0.5) is 0 Å². The molecular weight excluding hydrogens is 238 g/mol. The summed E-state index contributed by atoms with van der Waals surface area (Å²) in [6, 6.07) is 0. The maximum absolute atomic E-state index is 13.0. The molecule has 0 bridgehead atoms. The van der Waals surface area contributed by atoms with Crippen molar-refractivity contribution in [2.24, 2.45) is 5.92 Å². The molecule has 1 saturated heterocycles. The van der Waals surface area contributed by atoms with Crippen LogP contribution >= 0.6 is 0 Å². The van der Waals surface area contributed by atoms with Gasteiger partial charge in [0, 0.05) is 0 Å². The fraction of sp³-hybridized carbons (Fsp3) is 0.938. The van der Waals surface area contributed by atoms with Gasteiger partial charge in [0.15, 0.2) is 5.78 Å². The standard InChI is InChI=1S/C16H31NO2/c1-9-17(10-2)15(5,6)13(18)12-11-14(3,4)19-16(12,7)8/h12H,9-11H2,1-8H3. The Hall–Kier alpha value is -0.410. The molecule has 1 aliphatic rings. The minimum Gasteiger partial charge on any atom is -0.369 e. The highest BCUT2D eigenvalue weighted by atomic mass is 16.5. The van der Waals surface area contributed by atoms with Crippen LogP contribution in [0.25, 0.3) is 0 Å². The largest absolute Gasteiger partial charge is 0.369 e. The molecule has 1 aliphatic heterocycles. The summed E-state index contributed by atoms with van der Waals surface area (Å²) in [6.07, 6.45) is 0.809. The van der Waals surface area contributed by atoms with Gasteiger partial charge in [-0.15, -0.1) is 0 Å². The van der Waals surface area contributed by atoms with Crippen molar-refractivity contribution < 1.29 is 9.53 Å².